The van der Waals surface area contributed by atoms with E-state index in [0.29, 0.717) is 4.47 Å². The van der Waals surface area contributed by atoms with Gasteiger partial charge in [0.25, 0.3) is 0 Å². The summed E-state index contributed by atoms with van der Waals surface area (Å²) < 4.78 is 39.3. The molecule has 0 saturated carbocycles. The topological polar surface area (TPSA) is 28.2 Å². The third-order valence-electron chi connectivity index (χ3n) is 3.54. The van der Waals surface area contributed by atoms with Crippen molar-refractivity contribution in [2.24, 2.45) is 0 Å². The van der Waals surface area contributed by atoms with Gasteiger partial charge in [0.1, 0.15) is 5.82 Å². The van der Waals surface area contributed by atoms with Crippen LogP contribution >= 0.6 is 15.9 Å². The number of nitrogens with one attached hydrogen (secondary N) is 1. The van der Waals surface area contributed by atoms with Gasteiger partial charge in [-0.1, -0.05) is 6.92 Å². The predicted molar refractivity (Wildman–Crippen MR) is 75.7 cm³/mol. The summed E-state index contributed by atoms with van der Waals surface area (Å²) in [6.45, 7) is 4.89. The molecule has 1 saturated heterocycles. The standard InChI is InChI=1S/C13H17BrF3N3/c1-2-20-5-3-10(4-6-20)19-12-11(13(15,16)17)7-9(14)8-18-12/h7-8,10H,2-6H2,1H3,(H,18,19). The van der Waals surface area contributed by atoms with Crippen molar-refractivity contribution in [3.8, 4) is 0 Å². The summed E-state index contributed by atoms with van der Waals surface area (Å²) in [4.78, 5) is 6.18. The lowest BCUT2D eigenvalue weighted by atomic mass is 10.0. The Morgan fingerprint density at radius 2 is 2.05 bits per heavy atom. The van der Waals surface area contributed by atoms with E-state index < -0.39 is 11.7 Å². The molecule has 1 aromatic rings. The van der Waals surface area contributed by atoms with Crippen LogP contribution in [0.4, 0.5) is 19.0 Å². The number of pyridine rings is 1. The fourth-order valence-corrected chi connectivity index (χ4v) is 2.69. The second-order valence-corrected chi connectivity index (χ2v) is 5.82. The molecule has 20 heavy (non-hydrogen) atoms. The molecular weight excluding hydrogens is 335 g/mol. The van der Waals surface area contributed by atoms with E-state index in [9.17, 15) is 13.2 Å². The number of alkyl halides is 3. The molecule has 0 spiro atoms. The molecule has 2 heterocycles. The Hall–Kier alpha value is -0.820. The number of anilines is 1. The molecule has 1 aliphatic rings. The first-order chi connectivity index (χ1) is 9.40. The highest BCUT2D eigenvalue weighted by Crippen LogP contribution is 2.35. The summed E-state index contributed by atoms with van der Waals surface area (Å²) in [7, 11) is 0. The van der Waals surface area contributed by atoms with Crippen LogP contribution in [0.2, 0.25) is 0 Å². The molecule has 1 N–H and O–H groups in total. The molecule has 1 aliphatic heterocycles. The SMILES string of the molecule is CCN1CCC(Nc2ncc(Br)cc2C(F)(F)F)CC1. The third kappa shape index (κ3) is 3.85. The Morgan fingerprint density at radius 3 is 2.60 bits per heavy atom. The molecule has 1 fully saturated rings. The molecule has 2 rings (SSSR count). The Bertz CT molecular complexity index is 457. The Balaban J connectivity index is 2.10. The maximum atomic E-state index is 13.0. The first-order valence-corrected chi connectivity index (χ1v) is 7.41. The smallest absolute Gasteiger partial charge is 0.367 e. The summed E-state index contributed by atoms with van der Waals surface area (Å²) in [6.07, 6.45) is -1.34. The molecule has 112 valence electrons. The van der Waals surface area contributed by atoms with E-state index in [0.717, 1.165) is 38.5 Å². The zero-order chi connectivity index (χ0) is 14.8. The molecule has 0 radical (unpaired) electrons. The molecule has 3 nitrogen and oxygen atoms in total. The van der Waals surface area contributed by atoms with E-state index in [4.69, 9.17) is 0 Å². The number of rotatable bonds is 3. The van der Waals surface area contributed by atoms with Crippen molar-refractivity contribution in [2.75, 3.05) is 25.0 Å². The van der Waals surface area contributed by atoms with Gasteiger partial charge in [0, 0.05) is 29.8 Å². The van der Waals surface area contributed by atoms with Crippen LogP contribution in [0, 0.1) is 0 Å². The van der Waals surface area contributed by atoms with Gasteiger partial charge in [-0.3, -0.25) is 0 Å². The summed E-state index contributed by atoms with van der Waals surface area (Å²) >= 11 is 3.03. The van der Waals surface area contributed by atoms with E-state index in [-0.39, 0.29) is 11.9 Å². The fraction of sp³-hybridized carbons (Fsp3) is 0.615. The lowest BCUT2D eigenvalue weighted by Crippen LogP contribution is -2.39. The zero-order valence-corrected chi connectivity index (χ0v) is 12.8. The lowest BCUT2D eigenvalue weighted by Gasteiger charge is -2.32. The van der Waals surface area contributed by atoms with E-state index in [1.807, 2.05) is 0 Å². The van der Waals surface area contributed by atoms with Crippen LogP contribution in [-0.2, 0) is 6.18 Å². The van der Waals surface area contributed by atoms with Crippen molar-refractivity contribution in [2.45, 2.75) is 32.0 Å². The van der Waals surface area contributed by atoms with Gasteiger partial charge < -0.3 is 10.2 Å². The monoisotopic (exact) mass is 351 g/mol. The molecular formula is C13H17BrF3N3. The lowest BCUT2D eigenvalue weighted by molar-refractivity contribution is -0.137. The molecule has 1 aromatic heterocycles. The molecule has 0 amide bonds. The number of piperidine rings is 1. The van der Waals surface area contributed by atoms with Gasteiger partial charge >= 0.3 is 6.18 Å². The number of likely N-dealkylation sites (tertiary alicyclic amines) is 1. The van der Waals surface area contributed by atoms with Crippen LogP contribution in [0.1, 0.15) is 25.3 Å². The first-order valence-electron chi connectivity index (χ1n) is 6.61. The van der Waals surface area contributed by atoms with Crippen LogP contribution in [0.5, 0.6) is 0 Å². The average Bonchev–Trinajstić information content (AvgIpc) is 2.40. The molecule has 0 bridgehead atoms. The fourth-order valence-electron chi connectivity index (χ4n) is 2.36. The van der Waals surface area contributed by atoms with Gasteiger partial charge in [0.15, 0.2) is 0 Å². The van der Waals surface area contributed by atoms with Crippen LogP contribution in [0.25, 0.3) is 0 Å². The minimum Gasteiger partial charge on any atom is -0.367 e. The van der Waals surface area contributed by atoms with Gasteiger partial charge in [0.05, 0.1) is 5.56 Å². The zero-order valence-electron chi connectivity index (χ0n) is 11.2. The molecule has 0 atom stereocenters. The minimum atomic E-state index is -4.40. The van der Waals surface area contributed by atoms with E-state index in [1.165, 1.54) is 6.20 Å². The van der Waals surface area contributed by atoms with Gasteiger partial charge in [0.2, 0.25) is 0 Å². The number of halogens is 4. The maximum absolute atomic E-state index is 13.0. The van der Waals surface area contributed by atoms with E-state index in [1.54, 1.807) is 0 Å². The minimum absolute atomic E-state index is 0.0487. The highest BCUT2D eigenvalue weighted by Gasteiger charge is 2.35. The summed E-state index contributed by atoms with van der Waals surface area (Å²) in [6, 6.07) is 1.11. The van der Waals surface area contributed by atoms with Crippen LogP contribution < -0.4 is 5.32 Å². The number of nitrogens with zero attached hydrogens (tertiary/aromatic N) is 2. The second kappa shape index (κ2) is 6.30. The van der Waals surface area contributed by atoms with E-state index in [2.05, 4.69) is 38.1 Å². The molecule has 7 heteroatoms. The van der Waals surface area contributed by atoms with Crippen molar-refractivity contribution < 1.29 is 13.2 Å². The molecule has 0 aliphatic carbocycles. The van der Waals surface area contributed by atoms with Gasteiger partial charge in [-0.05, 0) is 41.4 Å². The number of hydrogen-bond donors (Lipinski definition) is 1. The van der Waals surface area contributed by atoms with Crippen molar-refractivity contribution in [1.82, 2.24) is 9.88 Å². The Morgan fingerprint density at radius 1 is 1.40 bits per heavy atom. The number of hydrogen-bond acceptors (Lipinski definition) is 3. The molecule has 0 aromatic carbocycles. The summed E-state index contributed by atoms with van der Waals surface area (Å²) in [5, 5.41) is 2.95. The van der Waals surface area contributed by atoms with Gasteiger partial charge in [-0.25, -0.2) is 4.98 Å². The largest absolute Gasteiger partial charge is 0.419 e. The quantitative estimate of drug-likeness (QED) is 0.898. The maximum Gasteiger partial charge on any atom is 0.419 e. The first kappa shape index (κ1) is 15.6. The van der Waals surface area contributed by atoms with Crippen molar-refractivity contribution in [1.29, 1.82) is 0 Å². The van der Waals surface area contributed by atoms with Gasteiger partial charge in [-0.2, -0.15) is 13.2 Å². The van der Waals surface area contributed by atoms with Crippen LogP contribution in [-0.4, -0.2) is 35.6 Å². The van der Waals surface area contributed by atoms with Crippen molar-refractivity contribution in [3.05, 3.63) is 22.3 Å². The second-order valence-electron chi connectivity index (χ2n) is 4.90. The van der Waals surface area contributed by atoms with Crippen molar-refractivity contribution in [3.63, 3.8) is 0 Å². The predicted octanol–water partition coefficient (Wildman–Crippen LogP) is 3.76. The summed E-state index contributed by atoms with van der Waals surface area (Å²) in [5.41, 5.74) is -0.718. The highest BCUT2D eigenvalue weighted by molar-refractivity contribution is 9.10. The van der Waals surface area contributed by atoms with Crippen LogP contribution in [0.3, 0.4) is 0 Å². The highest BCUT2D eigenvalue weighted by atomic mass is 79.9. The number of aromatic nitrogens is 1. The Labute approximate surface area is 124 Å². The Kier molecular flexibility index (Phi) is 4.90. The van der Waals surface area contributed by atoms with Gasteiger partial charge in [-0.15, -0.1) is 0 Å². The average molecular weight is 352 g/mol. The third-order valence-corrected chi connectivity index (χ3v) is 3.97. The van der Waals surface area contributed by atoms with E-state index >= 15 is 0 Å². The normalized spacial score (nSPS) is 18.2. The van der Waals surface area contributed by atoms with Crippen LogP contribution in [0.15, 0.2) is 16.7 Å². The summed E-state index contributed by atoms with van der Waals surface area (Å²) in [5.74, 6) is -0.0735. The van der Waals surface area contributed by atoms with Crippen molar-refractivity contribution >= 4 is 21.7 Å². The molecule has 0 unspecified atom stereocenters.